The van der Waals surface area contributed by atoms with Crippen molar-refractivity contribution in [2.75, 3.05) is 50.5 Å². The van der Waals surface area contributed by atoms with Gasteiger partial charge in [-0.2, -0.15) is 10.0 Å². The van der Waals surface area contributed by atoms with E-state index in [0.29, 0.717) is 0 Å². The van der Waals surface area contributed by atoms with Crippen LogP contribution in [0.15, 0.2) is 52.3 Å². The van der Waals surface area contributed by atoms with Crippen LogP contribution in [0.2, 0.25) is 0 Å². The van der Waals surface area contributed by atoms with Gasteiger partial charge in [0.1, 0.15) is 0 Å². The first kappa shape index (κ1) is 21.3. The summed E-state index contributed by atoms with van der Waals surface area (Å²) < 4.78 is 0. The average molecular weight is 413 g/mol. The first-order valence-electron chi connectivity index (χ1n) is 9.83. The number of benzene rings is 2. The molecule has 0 bridgehead atoms. The highest BCUT2D eigenvalue weighted by atomic mass is 32.3. The number of rotatable bonds is 5. The van der Waals surface area contributed by atoms with Crippen molar-refractivity contribution in [3.63, 3.8) is 0 Å². The zero-order chi connectivity index (χ0) is 21.5. The van der Waals surface area contributed by atoms with Gasteiger partial charge in [-0.15, -0.1) is 0 Å². The monoisotopic (exact) mass is 412 g/mol. The Morgan fingerprint density at radius 2 is 1.41 bits per heavy atom. The molecule has 2 aromatic rings. The van der Waals surface area contributed by atoms with Crippen molar-refractivity contribution >= 4 is 32.9 Å². The van der Waals surface area contributed by atoms with Crippen LogP contribution in [-0.2, 0) is 4.79 Å². The van der Waals surface area contributed by atoms with Crippen LogP contribution in [0.3, 0.4) is 0 Å². The number of nitrogens with zero attached hydrogens (tertiary/aromatic N) is 2. The molecule has 1 unspecified atom stereocenters. The molecule has 1 atom stereocenters. The molecule has 1 heterocycles. The number of hydrogen-bond donors (Lipinski definition) is 1. The van der Waals surface area contributed by atoms with Gasteiger partial charge in [0.2, 0.25) is 0 Å². The predicted molar refractivity (Wildman–Crippen MR) is 126 cm³/mol. The van der Waals surface area contributed by atoms with Crippen LogP contribution in [0, 0.1) is 5.92 Å². The summed E-state index contributed by atoms with van der Waals surface area (Å²) in [4.78, 5) is 18.2. The molecule has 5 heteroatoms. The van der Waals surface area contributed by atoms with Crippen LogP contribution in [-0.4, -0.2) is 51.8 Å². The second-order valence-corrected chi connectivity index (χ2v) is 12.2. The summed E-state index contributed by atoms with van der Waals surface area (Å²) in [6, 6.07) is 13.4. The zero-order valence-corrected chi connectivity index (χ0v) is 19.3. The summed E-state index contributed by atoms with van der Waals surface area (Å²) in [5.41, 5.74) is 6.01. The predicted octanol–water partition coefficient (Wildman–Crippen LogP) is 5.16. The molecule has 0 radical (unpaired) electrons. The Kier molecular flexibility index (Phi) is 5.72. The summed E-state index contributed by atoms with van der Waals surface area (Å²) in [7, 11) is 7.05. The molecular weight excluding hydrogens is 380 g/mol. The van der Waals surface area contributed by atoms with E-state index in [1.54, 1.807) is 0 Å². The third kappa shape index (κ3) is 4.01. The van der Waals surface area contributed by atoms with Gasteiger partial charge in [0.05, 0.1) is 6.42 Å². The lowest BCUT2D eigenvalue weighted by Crippen LogP contribution is -2.16. The smallest absolute Gasteiger partial charge is 0.303 e. The number of carboxylic acids is 1. The lowest BCUT2D eigenvalue weighted by Gasteiger charge is -2.42. The minimum atomic E-state index is -1.22. The number of hydrogen-bond acceptors (Lipinski definition) is 3. The van der Waals surface area contributed by atoms with E-state index < -0.39 is 16.0 Å². The molecular formula is C24H32N2O2S. The van der Waals surface area contributed by atoms with Crippen molar-refractivity contribution < 1.29 is 9.90 Å². The number of aliphatic carboxylic acids is 1. The maximum Gasteiger partial charge on any atom is 0.303 e. The summed E-state index contributed by atoms with van der Waals surface area (Å²) in [5.74, 6) is -0.802. The highest BCUT2D eigenvalue weighted by molar-refractivity contribution is 8.32. The van der Waals surface area contributed by atoms with E-state index in [4.69, 9.17) is 0 Å². The van der Waals surface area contributed by atoms with Gasteiger partial charge in [-0.1, -0.05) is 25.1 Å². The summed E-state index contributed by atoms with van der Waals surface area (Å²) in [6.07, 6.45) is 7.00. The van der Waals surface area contributed by atoms with Gasteiger partial charge < -0.3 is 14.9 Å². The molecule has 0 fully saturated rings. The SMILES string of the molecule is CC(C=C1c2ccc(N(C)C)cc2S(C)(C)c2cc(N(C)C)ccc21)CC(=O)O. The maximum absolute atomic E-state index is 11.2. The molecule has 0 amide bonds. The van der Waals surface area contributed by atoms with Gasteiger partial charge >= 0.3 is 5.97 Å². The average Bonchev–Trinajstić information content (AvgIpc) is 2.63. The number of allylic oxidation sites excluding steroid dienone is 1. The highest BCUT2D eigenvalue weighted by Gasteiger charge is 2.32. The van der Waals surface area contributed by atoms with E-state index in [-0.39, 0.29) is 12.3 Å². The third-order valence-corrected chi connectivity index (χ3v) is 8.47. The van der Waals surface area contributed by atoms with Crippen molar-refractivity contribution in [3.8, 4) is 0 Å². The van der Waals surface area contributed by atoms with Crippen LogP contribution in [0.25, 0.3) is 5.57 Å². The minimum Gasteiger partial charge on any atom is -0.481 e. The van der Waals surface area contributed by atoms with Crippen molar-refractivity contribution in [3.05, 3.63) is 53.6 Å². The molecule has 2 aromatic carbocycles. The van der Waals surface area contributed by atoms with Crippen molar-refractivity contribution in [2.45, 2.75) is 23.1 Å². The van der Waals surface area contributed by atoms with E-state index in [1.165, 1.54) is 32.3 Å². The van der Waals surface area contributed by atoms with E-state index in [0.717, 1.165) is 5.57 Å². The Hall–Kier alpha value is -2.40. The fourth-order valence-electron chi connectivity index (χ4n) is 3.93. The second-order valence-electron chi connectivity index (χ2n) is 8.63. The fourth-order valence-corrected chi connectivity index (χ4v) is 6.45. The van der Waals surface area contributed by atoms with Crippen LogP contribution in [0.1, 0.15) is 24.5 Å². The molecule has 1 N–H and O–H groups in total. The lowest BCUT2D eigenvalue weighted by atomic mass is 9.92. The van der Waals surface area contributed by atoms with E-state index in [9.17, 15) is 9.90 Å². The summed E-state index contributed by atoms with van der Waals surface area (Å²) >= 11 is 0. The summed E-state index contributed by atoms with van der Waals surface area (Å²) in [5, 5.41) is 9.25. The number of fused-ring (bicyclic) bond motifs is 2. The molecule has 4 nitrogen and oxygen atoms in total. The molecule has 1 aliphatic rings. The first-order chi connectivity index (χ1) is 13.5. The minimum absolute atomic E-state index is 0.0403. The van der Waals surface area contributed by atoms with E-state index >= 15 is 0 Å². The van der Waals surface area contributed by atoms with Crippen LogP contribution >= 0.6 is 10.0 Å². The largest absolute Gasteiger partial charge is 0.481 e. The maximum atomic E-state index is 11.2. The molecule has 0 aliphatic carbocycles. The second kappa shape index (κ2) is 7.79. The van der Waals surface area contributed by atoms with Crippen LogP contribution < -0.4 is 9.80 Å². The first-order valence-corrected chi connectivity index (χ1v) is 12.3. The van der Waals surface area contributed by atoms with Gasteiger partial charge in [-0.25, -0.2) is 0 Å². The number of carbonyl (C=O) groups is 1. The topological polar surface area (TPSA) is 43.8 Å². The Morgan fingerprint density at radius 3 is 1.79 bits per heavy atom. The van der Waals surface area contributed by atoms with Crippen LogP contribution in [0.5, 0.6) is 0 Å². The standard InChI is InChI=1S/C24H32N2O2S/c1-16(13-24(27)28)12-21-19-10-8-17(25(2)3)14-22(19)29(6,7)23-15-18(26(4)5)9-11-20(21)23/h8-12,14-16H,13H2,1-7H3,(H,27,28). The third-order valence-electron chi connectivity index (χ3n) is 5.59. The Morgan fingerprint density at radius 1 is 0.966 bits per heavy atom. The molecule has 0 aromatic heterocycles. The molecule has 29 heavy (non-hydrogen) atoms. The quantitative estimate of drug-likeness (QED) is 0.737. The summed E-state index contributed by atoms with van der Waals surface area (Å²) in [6.45, 7) is 1.98. The van der Waals surface area contributed by atoms with Crippen molar-refractivity contribution in [2.24, 2.45) is 5.92 Å². The molecule has 3 rings (SSSR count). The molecule has 0 spiro atoms. The van der Waals surface area contributed by atoms with Gasteiger partial charge in [0.25, 0.3) is 0 Å². The molecule has 0 saturated carbocycles. The fraction of sp³-hybridized carbons (Fsp3) is 0.375. The van der Waals surface area contributed by atoms with Gasteiger partial charge in [-0.3, -0.25) is 4.79 Å². The van der Waals surface area contributed by atoms with Gasteiger partial charge in [-0.05, 0) is 59.4 Å². The van der Waals surface area contributed by atoms with E-state index in [1.807, 2.05) is 6.92 Å². The Labute approximate surface area is 176 Å². The normalized spacial score (nSPS) is 16.3. The highest BCUT2D eigenvalue weighted by Crippen LogP contribution is 2.65. The van der Waals surface area contributed by atoms with E-state index in [2.05, 4.69) is 93.0 Å². The van der Waals surface area contributed by atoms with Gasteiger partial charge in [0, 0.05) is 49.4 Å². The molecule has 0 saturated heterocycles. The van der Waals surface area contributed by atoms with Crippen molar-refractivity contribution in [1.29, 1.82) is 0 Å². The lowest BCUT2D eigenvalue weighted by molar-refractivity contribution is -0.137. The molecule has 1 aliphatic heterocycles. The zero-order valence-electron chi connectivity index (χ0n) is 18.5. The number of carboxylic acid groups (broad SMARTS) is 1. The number of anilines is 2. The molecule has 156 valence electrons. The van der Waals surface area contributed by atoms with Crippen LogP contribution in [0.4, 0.5) is 11.4 Å². The Bertz CT molecular complexity index is 913. The Balaban J connectivity index is 2.28. The van der Waals surface area contributed by atoms with Gasteiger partial charge in [0.15, 0.2) is 0 Å². The van der Waals surface area contributed by atoms with Crippen molar-refractivity contribution in [1.82, 2.24) is 0 Å².